The molecule has 3 aromatic rings. The molecule has 0 saturated heterocycles. The van der Waals surface area contributed by atoms with Gasteiger partial charge in [0.1, 0.15) is 0 Å². The van der Waals surface area contributed by atoms with Crippen LogP contribution in [-0.4, -0.2) is 33.6 Å². The lowest BCUT2D eigenvalue weighted by atomic mass is 10.1. The van der Waals surface area contributed by atoms with Gasteiger partial charge in [0.15, 0.2) is 6.04 Å². The van der Waals surface area contributed by atoms with Gasteiger partial charge in [-0.05, 0) is 61.9 Å². The molecule has 7 nitrogen and oxygen atoms in total. The summed E-state index contributed by atoms with van der Waals surface area (Å²) in [6, 6.07) is 19.4. The third-order valence-electron chi connectivity index (χ3n) is 5.73. The van der Waals surface area contributed by atoms with E-state index in [4.69, 9.17) is 20.9 Å². The Morgan fingerprint density at radius 2 is 1.60 bits per heavy atom. The van der Waals surface area contributed by atoms with Gasteiger partial charge in [0.25, 0.3) is 10.0 Å². The first-order valence-corrected chi connectivity index (χ1v) is 14.6. The van der Waals surface area contributed by atoms with Crippen molar-refractivity contribution >= 4 is 46.0 Å². The summed E-state index contributed by atoms with van der Waals surface area (Å²) in [5.41, 5.74) is -0.621. The van der Waals surface area contributed by atoms with Gasteiger partial charge in [-0.1, -0.05) is 48.0 Å². The van der Waals surface area contributed by atoms with Gasteiger partial charge in [-0.2, -0.15) is 0 Å². The molecule has 0 radical (unpaired) electrons. The topological polar surface area (TPSA) is 90.0 Å². The van der Waals surface area contributed by atoms with E-state index in [0.717, 1.165) is 4.31 Å². The summed E-state index contributed by atoms with van der Waals surface area (Å²) >= 11 is 6.31. The van der Waals surface area contributed by atoms with E-state index in [1.807, 2.05) is 0 Å². The molecule has 0 amide bonds. The Balaban J connectivity index is 2.03. The molecule has 0 N–H and O–H groups in total. The zero-order valence-electron chi connectivity index (χ0n) is 19.2. The summed E-state index contributed by atoms with van der Waals surface area (Å²) in [4.78, 5) is 13.4. The molecule has 1 heterocycles. The number of nitrogens with zero attached hydrogens (tertiary/aromatic N) is 1. The van der Waals surface area contributed by atoms with E-state index in [2.05, 4.69) is 0 Å². The van der Waals surface area contributed by atoms with Gasteiger partial charge in [0, 0.05) is 10.3 Å². The Kier molecular flexibility index (Phi) is 7.38. The maximum absolute atomic E-state index is 14.7. The molecule has 184 valence electrons. The van der Waals surface area contributed by atoms with Crippen molar-refractivity contribution in [2.24, 2.45) is 0 Å². The highest BCUT2D eigenvalue weighted by Gasteiger charge is 2.57. The average Bonchev–Trinajstić information content (AvgIpc) is 3.21. The second kappa shape index (κ2) is 10.2. The molecule has 10 heteroatoms. The van der Waals surface area contributed by atoms with Crippen molar-refractivity contribution in [3.63, 3.8) is 0 Å². The normalized spacial score (nSPS) is 19.1. The third kappa shape index (κ3) is 4.52. The molecule has 3 aromatic carbocycles. The minimum Gasteiger partial charge on any atom is -0.464 e. The smallest absolute Gasteiger partial charge is 0.331 e. The van der Waals surface area contributed by atoms with E-state index < -0.39 is 35.1 Å². The molecule has 0 fully saturated rings. The number of hydrogen-bond donors (Lipinski definition) is 0. The lowest BCUT2D eigenvalue weighted by Crippen LogP contribution is -2.46. The Labute approximate surface area is 210 Å². The van der Waals surface area contributed by atoms with Crippen molar-refractivity contribution < 1.29 is 27.0 Å². The summed E-state index contributed by atoms with van der Waals surface area (Å²) in [5.74, 6) is -0.819. The van der Waals surface area contributed by atoms with Crippen molar-refractivity contribution in [1.82, 2.24) is 0 Å². The molecular formula is C25H25ClNO6PS. The molecule has 1 aliphatic heterocycles. The first-order chi connectivity index (χ1) is 16.8. The number of ether oxygens (including phenoxy) is 1. The molecule has 4 rings (SSSR count). The summed E-state index contributed by atoms with van der Waals surface area (Å²) < 4.78 is 54.8. The molecule has 0 aliphatic carbocycles. The number of sulfonamides is 1. The van der Waals surface area contributed by atoms with Crippen LogP contribution < -0.4 is 9.61 Å². The Morgan fingerprint density at radius 3 is 2.20 bits per heavy atom. The quantitative estimate of drug-likeness (QED) is 0.293. The lowest BCUT2D eigenvalue weighted by Gasteiger charge is -2.31. The van der Waals surface area contributed by atoms with Crippen LogP contribution in [0.5, 0.6) is 0 Å². The van der Waals surface area contributed by atoms with Gasteiger partial charge >= 0.3 is 5.97 Å². The maximum Gasteiger partial charge on any atom is 0.331 e. The fraction of sp³-hybridized carbons (Fsp3) is 0.240. The van der Waals surface area contributed by atoms with Gasteiger partial charge in [0.05, 0.1) is 29.5 Å². The summed E-state index contributed by atoms with van der Waals surface area (Å²) in [5, 5.41) is 0.678. The number of carbonyl (C=O) groups is 1. The molecular weight excluding hydrogens is 509 g/mol. The second-order valence-corrected chi connectivity index (χ2v) is 12.6. The van der Waals surface area contributed by atoms with Gasteiger partial charge in [0.2, 0.25) is 7.37 Å². The highest BCUT2D eigenvalue weighted by atomic mass is 35.5. The van der Waals surface area contributed by atoms with Gasteiger partial charge < -0.3 is 9.26 Å². The second-order valence-electron chi connectivity index (χ2n) is 7.81. The third-order valence-corrected chi connectivity index (χ3v) is 10.7. The molecule has 3 unspecified atom stereocenters. The van der Waals surface area contributed by atoms with Crippen LogP contribution >= 0.6 is 19.0 Å². The Hall–Kier alpha value is -2.64. The molecule has 0 aromatic heterocycles. The molecule has 1 aliphatic rings. The Bertz CT molecular complexity index is 1370. The molecule has 0 saturated carbocycles. The van der Waals surface area contributed by atoms with E-state index in [1.54, 1.807) is 68.4 Å². The SMILES string of the molecule is CCOC(=O)C1C(P(=O)(OCC)c2ccccc2)c2cc(Cl)ccc2N1S(=O)(=O)c1ccccc1. The molecule has 0 bridgehead atoms. The number of rotatable bonds is 8. The number of hydrogen-bond acceptors (Lipinski definition) is 6. The minimum absolute atomic E-state index is 0.0122. The molecule has 35 heavy (non-hydrogen) atoms. The monoisotopic (exact) mass is 533 g/mol. The van der Waals surface area contributed by atoms with Gasteiger partial charge in [-0.25, -0.2) is 13.2 Å². The lowest BCUT2D eigenvalue weighted by molar-refractivity contribution is -0.144. The molecule has 3 atom stereocenters. The van der Waals surface area contributed by atoms with Crippen LogP contribution in [0.1, 0.15) is 25.1 Å². The van der Waals surface area contributed by atoms with E-state index in [9.17, 15) is 17.8 Å². The minimum atomic E-state index is -4.26. The van der Waals surface area contributed by atoms with Crippen LogP contribution in [0.3, 0.4) is 0 Å². The highest BCUT2D eigenvalue weighted by molar-refractivity contribution is 7.93. The van der Waals surface area contributed by atoms with E-state index in [0.29, 0.717) is 15.9 Å². The number of carbonyl (C=O) groups excluding carboxylic acids is 1. The summed E-state index contributed by atoms with van der Waals surface area (Å²) in [6.07, 6.45) is 0. The van der Waals surface area contributed by atoms with Crippen molar-refractivity contribution in [1.29, 1.82) is 0 Å². The number of anilines is 1. The zero-order chi connectivity index (χ0) is 25.2. The first-order valence-electron chi connectivity index (χ1n) is 11.1. The van der Waals surface area contributed by atoms with Crippen molar-refractivity contribution in [3.05, 3.63) is 89.4 Å². The highest BCUT2D eigenvalue weighted by Crippen LogP contribution is 2.66. The summed E-state index contributed by atoms with van der Waals surface area (Å²) in [6.45, 7) is 3.42. The standard InChI is InChI=1S/C25H25ClNO6PS/c1-3-32-25(28)23-24(34(29,33-4-2)19-11-7-5-8-12-19)21-17-18(26)15-16-22(21)27(23)35(30,31)20-13-9-6-10-14-20/h5-17,23-24H,3-4H2,1-2H3. The van der Waals surface area contributed by atoms with Crippen molar-refractivity contribution in [2.45, 2.75) is 30.4 Å². The van der Waals surface area contributed by atoms with Crippen LogP contribution in [0.4, 0.5) is 5.69 Å². The predicted molar refractivity (Wildman–Crippen MR) is 136 cm³/mol. The van der Waals surface area contributed by atoms with Crippen molar-refractivity contribution in [2.75, 3.05) is 17.5 Å². The fourth-order valence-corrected chi connectivity index (χ4v) is 9.09. The average molecular weight is 534 g/mol. The number of halogens is 1. The van der Waals surface area contributed by atoms with Crippen LogP contribution in [0.25, 0.3) is 0 Å². The van der Waals surface area contributed by atoms with E-state index in [-0.39, 0.29) is 23.8 Å². The van der Waals surface area contributed by atoms with Gasteiger partial charge in [-0.3, -0.25) is 8.87 Å². The van der Waals surface area contributed by atoms with Crippen LogP contribution in [0, 0.1) is 0 Å². The predicted octanol–water partition coefficient (Wildman–Crippen LogP) is 5.16. The van der Waals surface area contributed by atoms with E-state index in [1.165, 1.54) is 24.3 Å². The van der Waals surface area contributed by atoms with E-state index >= 15 is 0 Å². The van der Waals surface area contributed by atoms with Crippen LogP contribution in [0.2, 0.25) is 5.02 Å². The number of benzene rings is 3. The first kappa shape index (κ1) is 25.5. The van der Waals surface area contributed by atoms with Crippen LogP contribution in [0.15, 0.2) is 83.8 Å². The zero-order valence-corrected chi connectivity index (χ0v) is 21.7. The molecule has 0 spiro atoms. The largest absolute Gasteiger partial charge is 0.464 e. The number of fused-ring (bicyclic) bond motifs is 1. The van der Waals surface area contributed by atoms with Crippen molar-refractivity contribution in [3.8, 4) is 0 Å². The maximum atomic E-state index is 14.7. The number of esters is 1. The fourth-order valence-electron chi connectivity index (χ4n) is 4.36. The van der Waals surface area contributed by atoms with Gasteiger partial charge in [-0.15, -0.1) is 0 Å². The summed E-state index contributed by atoms with van der Waals surface area (Å²) in [7, 11) is -8.12. The van der Waals surface area contributed by atoms with Crippen LogP contribution in [-0.2, 0) is 28.6 Å². The Morgan fingerprint density at radius 1 is 0.971 bits per heavy atom.